The van der Waals surface area contributed by atoms with Gasteiger partial charge in [-0.15, -0.1) is 0 Å². The minimum Gasteiger partial charge on any atom is -0.445 e. The Kier molecular flexibility index (Phi) is 5.81. The third-order valence-electron chi connectivity index (χ3n) is 3.43. The summed E-state index contributed by atoms with van der Waals surface area (Å²) < 4.78 is 4.79. The molecule has 1 aromatic rings. The van der Waals surface area contributed by atoms with Crippen LogP contribution in [0.4, 0.5) is 4.79 Å². The molecule has 0 unspecified atom stereocenters. The second-order valence-corrected chi connectivity index (χ2v) is 6.14. The second-order valence-electron chi connectivity index (χ2n) is 5.07. The number of hydrogen-bond donors (Lipinski definition) is 2. The lowest BCUT2D eigenvalue weighted by molar-refractivity contribution is -0.134. The van der Waals surface area contributed by atoms with E-state index in [9.17, 15) is 14.4 Å². The van der Waals surface area contributed by atoms with E-state index >= 15 is 0 Å². The Bertz CT molecular complexity index is 605. The molecule has 2 rings (SSSR count). The van der Waals surface area contributed by atoms with Crippen LogP contribution in [0.3, 0.4) is 0 Å². The maximum Gasteiger partial charge on any atom is 0.408 e. The van der Waals surface area contributed by atoms with Gasteiger partial charge in [-0.25, -0.2) is 4.79 Å². The number of β-lactam (4-membered cyclic amide) rings is 1. The quantitative estimate of drug-likeness (QED) is 0.470. The zero-order chi connectivity index (χ0) is 16.8. The Hall–Kier alpha value is -2.28. The van der Waals surface area contributed by atoms with Gasteiger partial charge in [0.15, 0.2) is 5.12 Å². The number of rotatable bonds is 6. The Morgan fingerprint density at radius 2 is 2.13 bits per heavy atom. The summed E-state index contributed by atoms with van der Waals surface area (Å²) in [5.41, 5.74) is 0. The summed E-state index contributed by atoms with van der Waals surface area (Å²) in [5, 5.41) is 5.05. The zero-order valence-electron chi connectivity index (χ0n) is 12.7. The number of benzene rings is 1. The number of nitrogens with one attached hydrogen (secondary N) is 2. The number of thioether (sulfide) groups is 1. The van der Waals surface area contributed by atoms with Gasteiger partial charge in [-0.05, 0) is 12.1 Å². The molecule has 122 valence electrons. The lowest BCUT2D eigenvalue weighted by Crippen LogP contribution is -2.71. The summed E-state index contributed by atoms with van der Waals surface area (Å²) in [5.74, 6) is -0.766. The third-order valence-corrected chi connectivity index (χ3v) is 4.51. The van der Waals surface area contributed by atoms with Crippen molar-refractivity contribution in [3.63, 3.8) is 0 Å². The number of carbonyl (C=O) groups is 3. The third kappa shape index (κ3) is 4.35. The minimum absolute atomic E-state index is 0.0587. The smallest absolute Gasteiger partial charge is 0.408 e. The van der Waals surface area contributed by atoms with Crippen molar-refractivity contribution in [1.29, 1.82) is 0 Å². The molecule has 1 heterocycles. The highest BCUT2D eigenvalue weighted by atomic mass is 32.2. The summed E-state index contributed by atoms with van der Waals surface area (Å²) >= 11 is 1.12. The lowest BCUT2D eigenvalue weighted by atomic mass is 9.88. The molecule has 6 nitrogen and oxygen atoms in total. The van der Waals surface area contributed by atoms with Crippen LogP contribution in [0.2, 0.25) is 0 Å². The largest absolute Gasteiger partial charge is 0.445 e. The molecule has 0 radical (unpaired) electrons. The van der Waals surface area contributed by atoms with E-state index < -0.39 is 24.1 Å². The summed E-state index contributed by atoms with van der Waals surface area (Å²) in [6, 6.07) is 8.06. The van der Waals surface area contributed by atoms with Crippen molar-refractivity contribution in [2.75, 3.05) is 6.61 Å². The maximum atomic E-state index is 12.3. The van der Waals surface area contributed by atoms with Crippen molar-refractivity contribution >= 4 is 28.9 Å². The van der Waals surface area contributed by atoms with Gasteiger partial charge in [0, 0.05) is 10.8 Å². The number of amides is 2. The molecule has 7 heteroatoms. The van der Waals surface area contributed by atoms with Gasteiger partial charge < -0.3 is 15.4 Å². The van der Waals surface area contributed by atoms with Gasteiger partial charge >= 0.3 is 6.09 Å². The molecule has 2 N–H and O–H groups in total. The molecule has 2 amide bonds. The van der Waals surface area contributed by atoms with Gasteiger partial charge in [0.1, 0.15) is 12.6 Å². The first-order valence-corrected chi connectivity index (χ1v) is 7.96. The molecular formula is C16H18N2O4S. The van der Waals surface area contributed by atoms with Gasteiger partial charge in [-0.3, -0.25) is 9.59 Å². The second kappa shape index (κ2) is 7.82. The first kappa shape index (κ1) is 17.1. The number of alkyl carbamates (subject to hydrolysis) is 1. The fourth-order valence-corrected chi connectivity index (χ4v) is 2.98. The molecule has 1 aliphatic rings. The first-order chi connectivity index (χ1) is 11.0. The topological polar surface area (TPSA) is 84.5 Å². The highest BCUT2D eigenvalue weighted by Crippen LogP contribution is 2.26. The molecular weight excluding hydrogens is 316 g/mol. The molecule has 23 heavy (non-hydrogen) atoms. The van der Waals surface area contributed by atoms with E-state index in [0.29, 0.717) is 0 Å². The van der Waals surface area contributed by atoms with E-state index in [1.807, 2.05) is 30.3 Å². The van der Waals surface area contributed by atoms with Crippen molar-refractivity contribution in [1.82, 2.24) is 10.6 Å². The fourth-order valence-electron chi connectivity index (χ4n) is 2.12. The van der Waals surface area contributed by atoms with E-state index in [-0.39, 0.29) is 17.6 Å². The minimum atomic E-state index is -0.761. The van der Waals surface area contributed by atoms with Gasteiger partial charge in [-0.1, -0.05) is 49.5 Å². The van der Waals surface area contributed by atoms with Gasteiger partial charge in [0.25, 0.3) is 0 Å². The SMILES string of the molecule is C=CCOC(=O)N[C@H]1C(=O)N[C@@H]1[C@@H](C)C(=O)Sc1ccccc1. The molecule has 0 saturated carbocycles. The zero-order valence-corrected chi connectivity index (χ0v) is 13.5. The van der Waals surface area contributed by atoms with Crippen molar-refractivity contribution in [3.05, 3.63) is 43.0 Å². The normalized spacial score (nSPS) is 20.7. The van der Waals surface area contributed by atoms with Crippen LogP contribution in [-0.4, -0.2) is 35.8 Å². The molecule has 1 fully saturated rings. The molecule has 1 aromatic carbocycles. The average molecular weight is 334 g/mol. The highest BCUT2D eigenvalue weighted by Gasteiger charge is 2.45. The summed E-state index contributed by atoms with van der Waals surface area (Å²) in [7, 11) is 0. The van der Waals surface area contributed by atoms with E-state index in [1.54, 1.807) is 6.92 Å². The standard InChI is InChI=1S/C16H18N2O4S/c1-3-9-22-16(21)18-13-12(17-14(13)19)10(2)15(20)23-11-7-5-4-6-8-11/h3-8,10,12-13H,1,9H2,2H3,(H,17,19)(H,18,21)/t10-,12-,13-/m1/s1. The van der Waals surface area contributed by atoms with Crippen molar-refractivity contribution in [2.45, 2.75) is 23.9 Å². The van der Waals surface area contributed by atoms with Crippen LogP contribution in [0.25, 0.3) is 0 Å². The molecule has 1 saturated heterocycles. The average Bonchev–Trinajstić information content (AvgIpc) is 2.56. The fraction of sp³-hybridized carbons (Fsp3) is 0.312. The number of hydrogen-bond acceptors (Lipinski definition) is 5. The lowest BCUT2D eigenvalue weighted by Gasteiger charge is -2.39. The summed E-state index contributed by atoms with van der Waals surface area (Å²) in [6.07, 6.45) is 0.728. The Morgan fingerprint density at radius 3 is 2.74 bits per heavy atom. The number of ether oxygens (including phenoxy) is 1. The molecule has 0 spiro atoms. The summed E-state index contributed by atoms with van der Waals surface area (Å²) in [6.45, 7) is 5.22. The van der Waals surface area contributed by atoms with Crippen molar-refractivity contribution in [3.8, 4) is 0 Å². The molecule has 0 bridgehead atoms. The van der Waals surface area contributed by atoms with Crippen LogP contribution in [0.1, 0.15) is 6.92 Å². The number of carbonyl (C=O) groups excluding carboxylic acids is 3. The van der Waals surface area contributed by atoms with Crippen LogP contribution in [0, 0.1) is 5.92 Å². The molecule has 3 atom stereocenters. The van der Waals surface area contributed by atoms with E-state index in [1.165, 1.54) is 6.08 Å². The Balaban J connectivity index is 1.91. The van der Waals surface area contributed by atoms with Crippen LogP contribution in [0.5, 0.6) is 0 Å². The van der Waals surface area contributed by atoms with Crippen LogP contribution in [0.15, 0.2) is 47.9 Å². The van der Waals surface area contributed by atoms with Crippen LogP contribution >= 0.6 is 11.8 Å². The van der Waals surface area contributed by atoms with E-state index in [4.69, 9.17) is 4.74 Å². The predicted octanol–water partition coefficient (Wildman–Crippen LogP) is 1.72. The molecule has 1 aliphatic heterocycles. The van der Waals surface area contributed by atoms with E-state index in [2.05, 4.69) is 17.2 Å². The van der Waals surface area contributed by atoms with Crippen molar-refractivity contribution in [2.24, 2.45) is 5.92 Å². The van der Waals surface area contributed by atoms with Gasteiger partial charge in [-0.2, -0.15) is 0 Å². The van der Waals surface area contributed by atoms with Crippen LogP contribution in [-0.2, 0) is 14.3 Å². The molecule has 0 aliphatic carbocycles. The first-order valence-electron chi connectivity index (χ1n) is 7.14. The van der Waals surface area contributed by atoms with Gasteiger partial charge in [0.05, 0.1) is 6.04 Å². The summed E-state index contributed by atoms with van der Waals surface area (Å²) in [4.78, 5) is 36.3. The monoisotopic (exact) mass is 334 g/mol. The highest BCUT2D eigenvalue weighted by molar-refractivity contribution is 8.13. The molecule has 0 aromatic heterocycles. The predicted molar refractivity (Wildman–Crippen MR) is 86.9 cm³/mol. The van der Waals surface area contributed by atoms with Crippen LogP contribution < -0.4 is 10.6 Å². The van der Waals surface area contributed by atoms with Crippen molar-refractivity contribution < 1.29 is 19.1 Å². The Morgan fingerprint density at radius 1 is 1.43 bits per heavy atom. The maximum absolute atomic E-state index is 12.3. The van der Waals surface area contributed by atoms with Gasteiger partial charge in [0.2, 0.25) is 5.91 Å². The Labute approximate surface area is 138 Å². The van der Waals surface area contributed by atoms with E-state index in [0.717, 1.165) is 16.7 Å².